The number of para-hydroxylation sites is 1. The fraction of sp³-hybridized carbons (Fsp3) is 0.185. The van der Waals surface area contributed by atoms with E-state index in [-0.39, 0.29) is 6.42 Å². The standard InChI is InChI=1S/C27H21Cl2NO4/c1-16-19-12-11-18(33-27(32)30-13-5-7-17-6-2-3-10-24(17)30)14-25(19)34-26(31)20(16)15-21-22(28)8-4-9-23(21)29/h2-4,6,8-12,14H,5,7,13,15H2,1H3. The van der Waals surface area contributed by atoms with Gasteiger partial charge in [-0.1, -0.05) is 47.5 Å². The van der Waals surface area contributed by atoms with Gasteiger partial charge in [-0.3, -0.25) is 4.90 Å². The zero-order valence-corrected chi connectivity index (χ0v) is 19.9. The molecule has 0 saturated heterocycles. The molecule has 1 aromatic heterocycles. The van der Waals surface area contributed by atoms with Crippen LogP contribution in [-0.4, -0.2) is 12.6 Å². The van der Waals surface area contributed by atoms with Crippen LogP contribution in [0.5, 0.6) is 5.75 Å². The molecule has 0 aliphatic carbocycles. The van der Waals surface area contributed by atoms with E-state index in [1.807, 2.05) is 31.2 Å². The zero-order valence-electron chi connectivity index (χ0n) is 18.4. The van der Waals surface area contributed by atoms with Crippen LogP contribution in [0.4, 0.5) is 10.5 Å². The van der Waals surface area contributed by atoms with Crippen LogP contribution in [-0.2, 0) is 12.8 Å². The van der Waals surface area contributed by atoms with Crippen LogP contribution < -0.4 is 15.3 Å². The molecule has 0 unspecified atom stereocenters. The second-order valence-corrected chi connectivity index (χ2v) is 9.09. The Hall–Kier alpha value is -3.28. The summed E-state index contributed by atoms with van der Waals surface area (Å²) in [5, 5.41) is 1.74. The number of ether oxygens (including phenoxy) is 1. The summed E-state index contributed by atoms with van der Waals surface area (Å²) >= 11 is 12.6. The predicted octanol–water partition coefficient (Wildman–Crippen LogP) is 6.95. The molecule has 0 atom stereocenters. The predicted molar refractivity (Wildman–Crippen MR) is 135 cm³/mol. The normalized spacial score (nSPS) is 13.1. The van der Waals surface area contributed by atoms with E-state index in [2.05, 4.69) is 0 Å². The Balaban J connectivity index is 1.44. The summed E-state index contributed by atoms with van der Waals surface area (Å²) in [6.45, 7) is 2.45. The van der Waals surface area contributed by atoms with E-state index in [0.29, 0.717) is 39.0 Å². The molecule has 34 heavy (non-hydrogen) atoms. The molecule has 7 heteroatoms. The summed E-state index contributed by atoms with van der Waals surface area (Å²) in [6, 6.07) is 18.1. The van der Waals surface area contributed by atoms with E-state index in [1.165, 1.54) is 0 Å². The minimum Gasteiger partial charge on any atom is -0.422 e. The van der Waals surface area contributed by atoms with Crippen LogP contribution >= 0.6 is 23.2 Å². The second kappa shape index (κ2) is 9.16. The molecule has 3 aromatic carbocycles. The number of amides is 1. The van der Waals surface area contributed by atoms with Gasteiger partial charge in [-0.25, -0.2) is 9.59 Å². The SMILES string of the molecule is Cc1c(Cc2c(Cl)cccc2Cl)c(=O)oc2cc(OC(=O)N3CCCc4ccccc43)ccc12. The smallest absolute Gasteiger partial charge is 0.419 e. The Kier molecular flexibility index (Phi) is 6.07. The maximum Gasteiger partial charge on any atom is 0.419 e. The van der Waals surface area contributed by atoms with Crippen molar-refractivity contribution in [3.05, 3.63) is 103 Å². The second-order valence-electron chi connectivity index (χ2n) is 8.28. The molecule has 0 bridgehead atoms. The molecule has 0 spiro atoms. The van der Waals surface area contributed by atoms with Gasteiger partial charge in [-0.05, 0) is 66.8 Å². The lowest BCUT2D eigenvalue weighted by molar-refractivity contribution is 0.207. The van der Waals surface area contributed by atoms with Crippen molar-refractivity contribution in [2.45, 2.75) is 26.2 Å². The number of fused-ring (bicyclic) bond motifs is 2. The average molecular weight is 494 g/mol. The first-order valence-electron chi connectivity index (χ1n) is 11.0. The van der Waals surface area contributed by atoms with Crippen LogP contribution in [0.1, 0.15) is 28.7 Å². The third-order valence-electron chi connectivity index (χ3n) is 6.21. The van der Waals surface area contributed by atoms with Crippen molar-refractivity contribution < 1.29 is 13.9 Å². The lowest BCUT2D eigenvalue weighted by atomic mass is 9.99. The Bertz CT molecular complexity index is 1460. The van der Waals surface area contributed by atoms with Crippen molar-refractivity contribution in [1.29, 1.82) is 0 Å². The van der Waals surface area contributed by atoms with E-state index >= 15 is 0 Å². The summed E-state index contributed by atoms with van der Waals surface area (Å²) in [5.41, 5.74) is 3.78. The van der Waals surface area contributed by atoms with Gasteiger partial charge in [0.2, 0.25) is 0 Å². The molecule has 2 heterocycles. The molecule has 1 aliphatic rings. The van der Waals surface area contributed by atoms with E-state index in [0.717, 1.165) is 35.0 Å². The molecular formula is C27H21Cl2NO4. The number of hydrogen-bond acceptors (Lipinski definition) is 4. The molecule has 0 saturated carbocycles. The van der Waals surface area contributed by atoms with Gasteiger partial charge < -0.3 is 9.15 Å². The number of hydrogen-bond donors (Lipinski definition) is 0. The molecule has 1 aliphatic heterocycles. The highest BCUT2D eigenvalue weighted by molar-refractivity contribution is 6.36. The zero-order chi connectivity index (χ0) is 23.8. The van der Waals surface area contributed by atoms with Crippen molar-refractivity contribution in [2.24, 2.45) is 0 Å². The Morgan fingerprint density at radius 3 is 2.59 bits per heavy atom. The molecule has 1 amide bonds. The van der Waals surface area contributed by atoms with Gasteiger partial charge in [0.05, 0.1) is 5.69 Å². The first-order valence-corrected chi connectivity index (χ1v) is 11.7. The number of halogens is 2. The average Bonchev–Trinajstić information content (AvgIpc) is 2.82. The minimum atomic E-state index is -0.477. The Labute approximate surface area is 206 Å². The van der Waals surface area contributed by atoms with Gasteiger partial charge in [0.25, 0.3) is 0 Å². The van der Waals surface area contributed by atoms with Gasteiger partial charge >= 0.3 is 11.7 Å². The highest BCUT2D eigenvalue weighted by Crippen LogP contribution is 2.31. The number of benzene rings is 3. The van der Waals surface area contributed by atoms with Gasteiger partial charge in [0.1, 0.15) is 11.3 Å². The summed E-state index contributed by atoms with van der Waals surface area (Å²) in [4.78, 5) is 27.4. The Morgan fingerprint density at radius 2 is 1.79 bits per heavy atom. The minimum absolute atomic E-state index is 0.258. The number of carbonyl (C=O) groups is 1. The number of nitrogens with zero attached hydrogens (tertiary/aromatic N) is 1. The molecule has 0 fully saturated rings. The quantitative estimate of drug-likeness (QED) is 0.289. The Morgan fingerprint density at radius 1 is 1.03 bits per heavy atom. The number of rotatable bonds is 3. The van der Waals surface area contributed by atoms with Crippen LogP contribution in [0, 0.1) is 6.92 Å². The number of anilines is 1. The van der Waals surface area contributed by atoms with Crippen molar-refractivity contribution in [3.63, 3.8) is 0 Å². The number of carbonyl (C=O) groups excluding carboxylic acids is 1. The fourth-order valence-electron chi connectivity index (χ4n) is 4.40. The van der Waals surface area contributed by atoms with Gasteiger partial charge in [-0.15, -0.1) is 0 Å². The highest BCUT2D eigenvalue weighted by Gasteiger charge is 2.24. The maximum absolute atomic E-state index is 12.9. The molecule has 4 aromatic rings. The lowest BCUT2D eigenvalue weighted by Crippen LogP contribution is -2.37. The molecular weight excluding hydrogens is 473 g/mol. The van der Waals surface area contributed by atoms with Gasteiger partial charge in [-0.2, -0.15) is 0 Å². The van der Waals surface area contributed by atoms with E-state index in [1.54, 1.807) is 41.3 Å². The van der Waals surface area contributed by atoms with Crippen LogP contribution in [0.2, 0.25) is 10.0 Å². The molecule has 5 rings (SSSR count). The summed E-state index contributed by atoms with van der Waals surface area (Å²) < 4.78 is 11.2. The maximum atomic E-state index is 12.9. The lowest BCUT2D eigenvalue weighted by Gasteiger charge is -2.28. The van der Waals surface area contributed by atoms with E-state index < -0.39 is 11.7 Å². The molecule has 0 radical (unpaired) electrons. The summed E-state index contributed by atoms with van der Waals surface area (Å²) in [6.07, 6.45) is 1.60. The third-order valence-corrected chi connectivity index (χ3v) is 6.92. The number of aryl methyl sites for hydroxylation is 2. The fourth-order valence-corrected chi connectivity index (χ4v) is 4.93. The summed E-state index contributed by atoms with van der Waals surface area (Å²) in [7, 11) is 0. The topological polar surface area (TPSA) is 59.8 Å². The molecule has 5 nitrogen and oxygen atoms in total. The van der Waals surface area contributed by atoms with E-state index in [4.69, 9.17) is 32.4 Å². The third kappa shape index (κ3) is 4.17. The first kappa shape index (κ1) is 22.5. The first-order chi connectivity index (χ1) is 16.4. The van der Waals surface area contributed by atoms with Crippen molar-refractivity contribution in [3.8, 4) is 5.75 Å². The van der Waals surface area contributed by atoms with Crippen LogP contribution in [0.25, 0.3) is 11.0 Å². The van der Waals surface area contributed by atoms with Crippen LogP contribution in [0.15, 0.2) is 69.9 Å². The van der Waals surface area contributed by atoms with Crippen LogP contribution in [0.3, 0.4) is 0 Å². The van der Waals surface area contributed by atoms with Crippen molar-refractivity contribution in [1.82, 2.24) is 0 Å². The van der Waals surface area contributed by atoms with Crippen molar-refractivity contribution >= 4 is 46.0 Å². The van der Waals surface area contributed by atoms with Gasteiger partial charge in [0, 0.05) is 40.0 Å². The van der Waals surface area contributed by atoms with Crippen molar-refractivity contribution in [2.75, 3.05) is 11.4 Å². The monoisotopic (exact) mass is 493 g/mol. The largest absolute Gasteiger partial charge is 0.422 e. The highest BCUT2D eigenvalue weighted by atomic mass is 35.5. The van der Waals surface area contributed by atoms with E-state index in [9.17, 15) is 9.59 Å². The molecule has 172 valence electrons. The summed E-state index contributed by atoms with van der Waals surface area (Å²) in [5.74, 6) is 0.310. The molecule has 0 N–H and O–H groups in total. The van der Waals surface area contributed by atoms with Gasteiger partial charge in [0.15, 0.2) is 0 Å².